The molecule has 0 aliphatic rings. The van der Waals surface area contributed by atoms with Crippen LogP contribution in [0.4, 0.5) is 8.78 Å². The zero-order valence-electron chi connectivity index (χ0n) is 7.51. The lowest BCUT2D eigenvalue weighted by atomic mass is 10.1. The maximum atomic E-state index is 13.3. The van der Waals surface area contributed by atoms with Crippen molar-refractivity contribution >= 4 is 11.6 Å². The fourth-order valence-electron chi connectivity index (χ4n) is 1.20. The molecule has 0 N–H and O–H groups in total. The molecule has 0 aliphatic carbocycles. The standard InChI is InChI=1S/C10H6ClF2NO/c11-5-7-4-10(14-15-7)8-3-6(12)1-2-9(8)13/h1-4H,5H2. The van der Waals surface area contributed by atoms with Gasteiger partial charge >= 0.3 is 0 Å². The maximum absolute atomic E-state index is 13.3. The molecule has 0 atom stereocenters. The Labute approximate surface area is 89.5 Å². The van der Waals surface area contributed by atoms with Crippen LogP contribution in [0.2, 0.25) is 0 Å². The average Bonchev–Trinajstić information content (AvgIpc) is 2.70. The van der Waals surface area contributed by atoms with Crippen molar-refractivity contribution < 1.29 is 13.3 Å². The van der Waals surface area contributed by atoms with Gasteiger partial charge in [0.15, 0.2) is 5.76 Å². The van der Waals surface area contributed by atoms with Crippen LogP contribution in [0.3, 0.4) is 0 Å². The molecule has 15 heavy (non-hydrogen) atoms. The number of alkyl halides is 1. The Bertz CT molecular complexity index is 484. The van der Waals surface area contributed by atoms with Crippen LogP contribution < -0.4 is 0 Å². The summed E-state index contributed by atoms with van der Waals surface area (Å²) in [6.45, 7) is 0. The van der Waals surface area contributed by atoms with Gasteiger partial charge < -0.3 is 4.52 Å². The van der Waals surface area contributed by atoms with E-state index in [0.717, 1.165) is 18.2 Å². The molecule has 78 valence electrons. The van der Waals surface area contributed by atoms with E-state index in [9.17, 15) is 8.78 Å². The number of hydrogen-bond acceptors (Lipinski definition) is 2. The Balaban J connectivity index is 2.48. The molecule has 0 bridgehead atoms. The molecule has 1 aromatic carbocycles. The first-order valence-electron chi connectivity index (χ1n) is 4.17. The van der Waals surface area contributed by atoms with E-state index in [4.69, 9.17) is 16.1 Å². The molecule has 0 amide bonds. The molecule has 0 aliphatic heterocycles. The van der Waals surface area contributed by atoms with Crippen LogP contribution in [0.5, 0.6) is 0 Å². The van der Waals surface area contributed by atoms with Crippen molar-refractivity contribution in [3.63, 3.8) is 0 Å². The second-order valence-electron chi connectivity index (χ2n) is 2.94. The minimum atomic E-state index is -0.550. The van der Waals surface area contributed by atoms with Gasteiger partial charge in [0.05, 0.1) is 5.88 Å². The van der Waals surface area contributed by atoms with Gasteiger partial charge in [-0.1, -0.05) is 5.16 Å². The lowest BCUT2D eigenvalue weighted by Gasteiger charge is -1.97. The third kappa shape index (κ3) is 1.99. The number of aromatic nitrogens is 1. The van der Waals surface area contributed by atoms with Gasteiger partial charge in [-0.25, -0.2) is 8.78 Å². The highest BCUT2D eigenvalue weighted by molar-refractivity contribution is 6.16. The molecule has 0 saturated carbocycles. The number of halogens is 3. The fraction of sp³-hybridized carbons (Fsp3) is 0.100. The predicted octanol–water partition coefficient (Wildman–Crippen LogP) is 3.36. The van der Waals surface area contributed by atoms with E-state index in [1.165, 1.54) is 6.07 Å². The lowest BCUT2D eigenvalue weighted by molar-refractivity contribution is 0.396. The van der Waals surface area contributed by atoms with E-state index < -0.39 is 11.6 Å². The van der Waals surface area contributed by atoms with Gasteiger partial charge in [0.25, 0.3) is 0 Å². The van der Waals surface area contributed by atoms with E-state index in [0.29, 0.717) is 5.76 Å². The predicted molar refractivity (Wildman–Crippen MR) is 51.4 cm³/mol. The normalized spacial score (nSPS) is 10.6. The first-order valence-corrected chi connectivity index (χ1v) is 4.71. The first kappa shape index (κ1) is 10.1. The van der Waals surface area contributed by atoms with E-state index >= 15 is 0 Å². The van der Waals surface area contributed by atoms with E-state index in [2.05, 4.69) is 5.16 Å². The Morgan fingerprint density at radius 3 is 2.73 bits per heavy atom. The van der Waals surface area contributed by atoms with Crippen molar-refractivity contribution in [3.05, 3.63) is 41.7 Å². The van der Waals surface area contributed by atoms with Crippen molar-refractivity contribution in [3.8, 4) is 11.3 Å². The highest BCUT2D eigenvalue weighted by Gasteiger charge is 2.11. The first-order chi connectivity index (χ1) is 7.20. The number of hydrogen-bond donors (Lipinski definition) is 0. The molecule has 0 saturated heterocycles. The van der Waals surface area contributed by atoms with Crippen LogP contribution in [0.25, 0.3) is 11.3 Å². The molecular weight excluding hydrogens is 224 g/mol. The molecule has 2 rings (SSSR count). The van der Waals surface area contributed by atoms with Crippen LogP contribution in [0.1, 0.15) is 5.76 Å². The Morgan fingerprint density at radius 1 is 1.27 bits per heavy atom. The van der Waals surface area contributed by atoms with Crippen LogP contribution in [-0.4, -0.2) is 5.16 Å². The van der Waals surface area contributed by atoms with E-state index in [-0.39, 0.29) is 17.1 Å². The fourth-order valence-corrected chi connectivity index (χ4v) is 1.32. The van der Waals surface area contributed by atoms with Gasteiger partial charge in [0.1, 0.15) is 17.3 Å². The highest BCUT2D eigenvalue weighted by atomic mass is 35.5. The highest BCUT2D eigenvalue weighted by Crippen LogP contribution is 2.23. The Morgan fingerprint density at radius 2 is 2.07 bits per heavy atom. The van der Waals surface area contributed by atoms with Gasteiger partial charge in [0, 0.05) is 11.6 Å². The molecule has 0 unspecified atom stereocenters. The van der Waals surface area contributed by atoms with Crippen molar-refractivity contribution in [2.24, 2.45) is 0 Å². The molecule has 0 radical (unpaired) electrons. The topological polar surface area (TPSA) is 26.0 Å². The van der Waals surface area contributed by atoms with Crippen LogP contribution >= 0.6 is 11.6 Å². The summed E-state index contributed by atoms with van der Waals surface area (Å²) in [5.41, 5.74) is 0.303. The molecular formula is C10H6ClF2NO. The Hall–Kier alpha value is -1.42. The average molecular weight is 230 g/mol. The van der Waals surface area contributed by atoms with Crippen LogP contribution in [0, 0.1) is 11.6 Å². The van der Waals surface area contributed by atoms with Crippen LogP contribution in [0.15, 0.2) is 28.8 Å². The third-order valence-electron chi connectivity index (χ3n) is 1.90. The third-order valence-corrected chi connectivity index (χ3v) is 2.16. The lowest BCUT2D eigenvalue weighted by Crippen LogP contribution is -1.85. The summed E-state index contributed by atoms with van der Waals surface area (Å²) in [6, 6.07) is 4.62. The largest absolute Gasteiger partial charge is 0.359 e. The monoisotopic (exact) mass is 229 g/mol. The smallest absolute Gasteiger partial charge is 0.152 e. The van der Waals surface area contributed by atoms with E-state index in [1.54, 1.807) is 0 Å². The molecule has 2 nitrogen and oxygen atoms in total. The minimum Gasteiger partial charge on any atom is -0.359 e. The number of nitrogens with zero attached hydrogens (tertiary/aromatic N) is 1. The van der Waals surface area contributed by atoms with Crippen molar-refractivity contribution in [2.75, 3.05) is 0 Å². The zero-order chi connectivity index (χ0) is 10.8. The molecule has 2 aromatic rings. The zero-order valence-corrected chi connectivity index (χ0v) is 8.26. The molecule has 5 heteroatoms. The summed E-state index contributed by atoms with van der Waals surface area (Å²) in [4.78, 5) is 0. The van der Waals surface area contributed by atoms with Crippen molar-refractivity contribution in [1.29, 1.82) is 0 Å². The van der Waals surface area contributed by atoms with Gasteiger partial charge in [-0.2, -0.15) is 0 Å². The summed E-state index contributed by atoms with van der Waals surface area (Å²) in [5, 5.41) is 3.59. The summed E-state index contributed by atoms with van der Waals surface area (Å²) in [5.74, 6) is -0.521. The van der Waals surface area contributed by atoms with Gasteiger partial charge in [-0.05, 0) is 18.2 Å². The quantitative estimate of drug-likeness (QED) is 0.738. The SMILES string of the molecule is Fc1ccc(F)c(-c2cc(CCl)on2)c1. The number of rotatable bonds is 2. The summed E-state index contributed by atoms with van der Waals surface area (Å²) >= 11 is 5.50. The van der Waals surface area contributed by atoms with E-state index in [1.807, 2.05) is 0 Å². The van der Waals surface area contributed by atoms with Gasteiger partial charge in [-0.3, -0.25) is 0 Å². The molecule has 1 heterocycles. The van der Waals surface area contributed by atoms with Crippen LogP contribution in [-0.2, 0) is 5.88 Å². The second-order valence-corrected chi connectivity index (χ2v) is 3.20. The second kappa shape index (κ2) is 3.98. The summed E-state index contributed by atoms with van der Waals surface area (Å²) in [7, 11) is 0. The van der Waals surface area contributed by atoms with Gasteiger partial charge in [-0.15, -0.1) is 11.6 Å². The molecule has 0 spiro atoms. The van der Waals surface area contributed by atoms with Crippen molar-refractivity contribution in [1.82, 2.24) is 5.16 Å². The molecule has 0 fully saturated rings. The minimum absolute atomic E-state index is 0.0649. The number of benzene rings is 1. The summed E-state index contributed by atoms with van der Waals surface area (Å²) in [6.07, 6.45) is 0. The molecule has 1 aromatic heterocycles. The maximum Gasteiger partial charge on any atom is 0.152 e. The summed E-state index contributed by atoms with van der Waals surface area (Å²) < 4.78 is 30.9. The Kier molecular flexibility index (Phi) is 2.68. The van der Waals surface area contributed by atoms with Gasteiger partial charge in [0.2, 0.25) is 0 Å². The van der Waals surface area contributed by atoms with Crippen molar-refractivity contribution in [2.45, 2.75) is 5.88 Å².